The molecule has 1 aromatic heterocycles. The molecule has 0 unspecified atom stereocenters. The molecule has 0 spiro atoms. The Hall–Kier alpha value is -0.500. The highest BCUT2D eigenvalue weighted by Gasteiger charge is 2.25. The van der Waals surface area contributed by atoms with Gasteiger partial charge in [0, 0.05) is 19.1 Å². The number of sulfonamides is 1. The Balaban J connectivity index is 2.15. The molecule has 1 fully saturated rings. The lowest BCUT2D eigenvalue weighted by molar-refractivity contribution is 0.410. The summed E-state index contributed by atoms with van der Waals surface area (Å²) in [7, 11) is -3.33. The zero-order valence-electron chi connectivity index (χ0n) is 7.65. The molecule has 0 saturated carbocycles. The van der Waals surface area contributed by atoms with E-state index in [4.69, 9.17) is 0 Å². The van der Waals surface area contributed by atoms with E-state index in [9.17, 15) is 8.42 Å². The summed E-state index contributed by atoms with van der Waals surface area (Å²) in [6.45, 7) is 3.20. The Kier molecular flexibility index (Phi) is 2.56. The van der Waals surface area contributed by atoms with Gasteiger partial charge in [0.05, 0.1) is 11.2 Å². The fourth-order valence-corrected chi connectivity index (χ4v) is 3.48. The van der Waals surface area contributed by atoms with E-state index in [2.05, 4.69) is 15.0 Å². The molecule has 0 aromatic carbocycles. The van der Waals surface area contributed by atoms with Gasteiger partial charge in [-0.2, -0.15) is 0 Å². The Morgan fingerprint density at radius 2 is 2.36 bits per heavy atom. The summed E-state index contributed by atoms with van der Waals surface area (Å²) in [5.74, 6) is 0. The molecular weight excluding hydrogens is 222 g/mol. The summed E-state index contributed by atoms with van der Waals surface area (Å²) in [5, 5.41) is 3.76. The number of aromatic nitrogens is 1. The second-order valence-electron chi connectivity index (χ2n) is 3.17. The maximum atomic E-state index is 11.7. The number of nitrogens with one attached hydrogen (secondary N) is 2. The van der Waals surface area contributed by atoms with Gasteiger partial charge in [-0.3, -0.25) is 0 Å². The second-order valence-corrected chi connectivity index (χ2v) is 6.35. The third kappa shape index (κ3) is 1.95. The van der Waals surface area contributed by atoms with Gasteiger partial charge in [0.25, 0.3) is 10.0 Å². The van der Waals surface area contributed by atoms with Crippen LogP contribution in [0.1, 0.15) is 5.01 Å². The van der Waals surface area contributed by atoms with Crippen LogP contribution in [0.3, 0.4) is 0 Å². The number of nitrogens with zero attached hydrogens (tertiary/aromatic N) is 1. The van der Waals surface area contributed by atoms with Crippen LogP contribution in [0, 0.1) is 6.92 Å². The molecule has 0 radical (unpaired) electrons. The minimum absolute atomic E-state index is 0.0300. The van der Waals surface area contributed by atoms with Crippen LogP contribution >= 0.6 is 11.3 Å². The van der Waals surface area contributed by atoms with Gasteiger partial charge < -0.3 is 5.32 Å². The minimum Gasteiger partial charge on any atom is -0.313 e. The largest absolute Gasteiger partial charge is 0.313 e. The number of hydrogen-bond donors (Lipinski definition) is 2. The van der Waals surface area contributed by atoms with Crippen LogP contribution in [0.15, 0.2) is 10.4 Å². The SMILES string of the molecule is Cc1ncc(S(=O)(=O)NC2CNC2)s1. The summed E-state index contributed by atoms with van der Waals surface area (Å²) < 4.78 is 26.3. The number of thiazole rings is 1. The molecule has 0 atom stereocenters. The molecule has 1 aromatic rings. The first-order valence-electron chi connectivity index (χ1n) is 4.23. The molecule has 7 heteroatoms. The molecule has 0 bridgehead atoms. The monoisotopic (exact) mass is 233 g/mol. The molecule has 78 valence electrons. The smallest absolute Gasteiger partial charge is 0.252 e. The van der Waals surface area contributed by atoms with Gasteiger partial charge in [0.1, 0.15) is 0 Å². The van der Waals surface area contributed by atoms with Crippen molar-refractivity contribution in [3.8, 4) is 0 Å². The first kappa shape index (κ1) is 10.0. The van der Waals surface area contributed by atoms with Crippen molar-refractivity contribution < 1.29 is 8.42 Å². The van der Waals surface area contributed by atoms with E-state index < -0.39 is 10.0 Å². The van der Waals surface area contributed by atoms with Crippen molar-refractivity contribution in [3.63, 3.8) is 0 Å². The number of aryl methyl sites for hydroxylation is 1. The minimum atomic E-state index is -3.33. The van der Waals surface area contributed by atoms with Crippen molar-refractivity contribution in [2.75, 3.05) is 13.1 Å². The van der Waals surface area contributed by atoms with E-state index in [-0.39, 0.29) is 6.04 Å². The van der Waals surface area contributed by atoms with Crippen LogP contribution in [0.5, 0.6) is 0 Å². The fourth-order valence-electron chi connectivity index (χ4n) is 1.12. The van der Waals surface area contributed by atoms with E-state index in [1.165, 1.54) is 17.5 Å². The van der Waals surface area contributed by atoms with Crippen LogP contribution in [0.2, 0.25) is 0 Å². The highest BCUT2D eigenvalue weighted by atomic mass is 32.2. The van der Waals surface area contributed by atoms with Gasteiger partial charge in [-0.1, -0.05) is 0 Å². The lowest BCUT2D eigenvalue weighted by Gasteiger charge is -2.27. The molecule has 1 aliphatic heterocycles. The number of rotatable bonds is 3. The molecular formula is C7H11N3O2S2. The van der Waals surface area contributed by atoms with Gasteiger partial charge in [-0.25, -0.2) is 18.1 Å². The zero-order chi connectivity index (χ0) is 10.2. The van der Waals surface area contributed by atoms with Crippen molar-refractivity contribution in [1.29, 1.82) is 0 Å². The van der Waals surface area contributed by atoms with E-state index in [1.54, 1.807) is 6.92 Å². The Bertz CT molecular complexity index is 422. The standard InChI is InChI=1S/C7H11N3O2S2/c1-5-9-4-7(13-5)14(11,12)10-6-2-8-3-6/h4,6,8,10H,2-3H2,1H3. The van der Waals surface area contributed by atoms with Crippen LogP contribution in [0.4, 0.5) is 0 Å². The van der Waals surface area contributed by atoms with Gasteiger partial charge in [-0.15, -0.1) is 11.3 Å². The van der Waals surface area contributed by atoms with E-state index >= 15 is 0 Å². The molecule has 0 aliphatic carbocycles. The first-order chi connectivity index (χ1) is 6.58. The molecule has 0 amide bonds. The van der Waals surface area contributed by atoms with Crippen LogP contribution in [-0.2, 0) is 10.0 Å². The van der Waals surface area contributed by atoms with Crippen LogP contribution in [-0.4, -0.2) is 32.5 Å². The van der Waals surface area contributed by atoms with Crippen molar-refractivity contribution in [1.82, 2.24) is 15.0 Å². The molecule has 1 aliphatic rings. The second kappa shape index (κ2) is 3.58. The van der Waals surface area contributed by atoms with Gasteiger partial charge in [0.2, 0.25) is 0 Å². The van der Waals surface area contributed by atoms with Crippen molar-refractivity contribution >= 4 is 21.4 Å². The highest BCUT2D eigenvalue weighted by Crippen LogP contribution is 2.18. The molecule has 1 saturated heterocycles. The average molecular weight is 233 g/mol. The van der Waals surface area contributed by atoms with Crippen LogP contribution in [0.25, 0.3) is 0 Å². The van der Waals surface area contributed by atoms with E-state index in [0.29, 0.717) is 17.3 Å². The summed E-state index contributed by atoms with van der Waals surface area (Å²) >= 11 is 1.19. The van der Waals surface area contributed by atoms with Crippen molar-refractivity contribution in [3.05, 3.63) is 11.2 Å². The van der Waals surface area contributed by atoms with E-state index in [0.717, 1.165) is 5.01 Å². The van der Waals surface area contributed by atoms with Gasteiger partial charge >= 0.3 is 0 Å². The summed E-state index contributed by atoms with van der Waals surface area (Å²) in [5.41, 5.74) is 0. The topological polar surface area (TPSA) is 71.1 Å². The predicted molar refractivity (Wildman–Crippen MR) is 53.8 cm³/mol. The number of hydrogen-bond acceptors (Lipinski definition) is 5. The molecule has 2 N–H and O–H groups in total. The molecule has 5 nitrogen and oxygen atoms in total. The molecule has 2 heterocycles. The lowest BCUT2D eigenvalue weighted by Crippen LogP contribution is -2.56. The maximum absolute atomic E-state index is 11.7. The Labute approximate surface area is 86.6 Å². The zero-order valence-corrected chi connectivity index (χ0v) is 9.28. The average Bonchev–Trinajstić information content (AvgIpc) is 2.45. The van der Waals surface area contributed by atoms with Crippen molar-refractivity contribution in [2.24, 2.45) is 0 Å². The quantitative estimate of drug-likeness (QED) is 0.752. The highest BCUT2D eigenvalue weighted by molar-refractivity contribution is 7.91. The van der Waals surface area contributed by atoms with E-state index in [1.807, 2.05) is 0 Å². The molecule has 2 rings (SSSR count). The molecule has 14 heavy (non-hydrogen) atoms. The third-order valence-corrected chi connectivity index (χ3v) is 4.86. The van der Waals surface area contributed by atoms with Gasteiger partial charge in [-0.05, 0) is 6.92 Å². The Morgan fingerprint density at radius 1 is 1.64 bits per heavy atom. The van der Waals surface area contributed by atoms with Gasteiger partial charge in [0.15, 0.2) is 4.21 Å². The van der Waals surface area contributed by atoms with Crippen LogP contribution < -0.4 is 10.0 Å². The summed E-state index contributed by atoms with van der Waals surface area (Å²) in [4.78, 5) is 3.92. The summed E-state index contributed by atoms with van der Waals surface area (Å²) in [6.07, 6.45) is 1.40. The van der Waals surface area contributed by atoms with Crippen molar-refractivity contribution in [2.45, 2.75) is 17.2 Å². The first-order valence-corrected chi connectivity index (χ1v) is 6.53. The lowest BCUT2D eigenvalue weighted by atomic mass is 10.2. The maximum Gasteiger partial charge on any atom is 0.252 e. The third-order valence-electron chi connectivity index (χ3n) is 1.97. The summed E-state index contributed by atoms with van der Waals surface area (Å²) in [6, 6.07) is 0.0300. The predicted octanol–water partition coefficient (Wildman–Crippen LogP) is -0.298. The normalized spacial score (nSPS) is 18.1. The fraction of sp³-hybridized carbons (Fsp3) is 0.571. The Morgan fingerprint density at radius 3 is 2.79 bits per heavy atom.